The molecule has 2 aromatic heterocycles. The minimum Gasteiger partial charge on any atom is -0.487 e. The Balaban J connectivity index is 1.86. The molecule has 0 saturated heterocycles. The maximum absolute atomic E-state index is 6.10. The Morgan fingerprint density at radius 1 is 0.704 bits per heavy atom. The summed E-state index contributed by atoms with van der Waals surface area (Å²) in [4.78, 5) is 0. The van der Waals surface area contributed by atoms with Gasteiger partial charge in [-0.25, -0.2) is 0 Å². The summed E-state index contributed by atoms with van der Waals surface area (Å²) in [5.41, 5.74) is 7.46. The summed E-state index contributed by atoms with van der Waals surface area (Å²) in [7, 11) is 0. The predicted molar refractivity (Wildman–Crippen MR) is 110 cm³/mol. The molecule has 0 amide bonds. The molecule has 0 atom stereocenters. The van der Waals surface area contributed by atoms with Gasteiger partial charge < -0.3 is 9.14 Å². The number of fused-ring (bicyclic) bond motifs is 7. The van der Waals surface area contributed by atoms with E-state index >= 15 is 0 Å². The number of pyridine rings is 1. The Bertz CT molecular complexity index is 1310. The molecule has 0 radical (unpaired) electrons. The Morgan fingerprint density at radius 2 is 1.48 bits per heavy atom. The van der Waals surface area contributed by atoms with Crippen molar-refractivity contribution in [1.29, 1.82) is 0 Å². The fraction of sp³-hybridized carbons (Fsp3) is 0.0400. The highest BCUT2D eigenvalue weighted by Gasteiger charge is 2.27. The number of hydrogen-bond donors (Lipinski definition) is 0. The van der Waals surface area contributed by atoms with E-state index in [0.717, 1.165) is 5.75 Å². The molecule has 3 heterocycles. The number of nitrogens with zero attached hydrogens (tertiary/aromatic N) is 1. The van der Waals surface area contributed by atoms with Crippen LogP contribution in [0.15, 0.2) is 91.1 Å². The second-order valence-electron chi connectivity index (χ2n) is 6.97. The van der Waals surface area contributed by atoms with E-state index in [0.29, 0.717) is 6.61 Å². The van der Waals surface area contributed by atoms with Crippen molar-refractivity contribution in [2.24, 2.45) is 0 Å². The van der Waals surface area contributed by atoms with Crippen molar-refractivity contribution in [3.63, 3.8) is 0 Å². The first-order chi connectivity index (χ1) is 13.4. The minimum absolute atomic E-state index is 0.582. The van der Waals surface area contributed by atoms with Crippen molar-refractivity contribution >= 4 is 16.3 Å². The van der Waals surface area contributed by atoms with E-state index in [1.807, 2.05) is 6.07 Å². The molecule has 3 aromatic carbocycles. The molecular weight excluding hydrogens is 330 g/mol. The third kappa shape index (κ3) is 2.01. The number of ether oxygens (including phenoxy) is 1. The Kier molecular flexibility index (Phi) is 2.97. The van der Waals surface area contributed by atoms with Gasteiger partial charge in [-0.05, 0) is 23.1 Å². The molecule has 6 rings (SSSR count). The minimum atomic E-state index is 0.582. The molecule has 2 heteroatoms. The Hall–Kier alpha value is -3.52. The summed E-state index contributed by atoms with van der Waals surface area (Å²) in [6.45, 7) is 0.582. The van der Waals surface area contributed by atoms with E-state index < -0.39 is 0 Å². The smallest absolute Gasteiger partial charge is 0.129 e. The van der Waals surface area contributed by atoms with E-state index in [4.69, 9.17) is 4.74 Å². The third-order valence-electron chi connectivity index (χ3n) is 5.51. The average Bonchev–Trinajstić information content (AvgIpc) is 3.10. The molecule has 0 unspecified atom stereocenters. The van der Waals surface area contributed by atoms with Gasteiger partial charge in [0, 0.05) is 28.3 Å². The van der Waals surface area contributed by atoms with Crippen LogP contribution in [0.2, 0.25) is 0 Å². The Labute approximate surface area is 157 Å². The van der Waals surface area contributed by atoms with Crippen LogP contribution in [0.25, 0.3) is 38.5 Å². The molecule has 27 heavy (non-hydrogen) atoms. The van der Waals surface area contributed by atoms with Gasteiger partial charge in [-0.15, -0.1) is 0 Å². The molecule has 0 fully saturated rings. The quantitative estimate of drug-likeness (QED) is 0.346. The molecular formula is C25H17NO. The average molecular weight is 347 g/mol. The first-order valence-electron chi connectivity index (χ1n) is 9.24. The molecule has 0 N–H and O–H groups in total. The van der Waals surface area contributed by atoms with Crippen molar-refractivity contribution in [2.75, 3.05) is 0 Å². The summed E-state index contributed by atoms with van der Waals surface area (Å²) in [5, 5.41) is 2.52. The molecule has 2 nitrogen and oxygen atoms in total. The van der Waals surface area contributed by atoms with Crippen LogP contribution in [0.5, 0.6) is 5.75 Å². The zero-order valence-corrected chi connectivity index (χ0v) is 14.7. The van der Waals surface area contributed by atoms with Gasteiger partial charge in [-0.1, -0.05) is 72.8 Å². The van der Waals surface area contributed by atoms with E-state index in [9.17, 15) is 0 Å². The molecule has 0 bridgehead atoms. The second kappa shape index (κ2) is 5.49. The van der Waals surface area contributed by atoms with Gasteiger partial charge in [0.15, 0.2) is 0 Å². The first kappa shape index (κ1) is 14.6. The highest BCUT2D eigenvalue weighted by atomic mass is 16.5. The standard InChI is InChI=1S/C25H17NO/c1-2-9-18(10-3-1)23-24-20-12-6-7-13-22(20)27-16-21(24)26-15-14-17-8-4-5-11-19(17)25(23)26/h1-15H,16H2. The molecule has 1 aliphatic rings. The van der Waals surface area contributed by atoms with Crippen LogP contribution in [0.1, 0.15) is 5.69 Å². The van der Waals surface area contributed by atoms with Crippen LogP contribution in [0, 0.1) is 0 Å². The molecule has 128 valence electrons. The van der Waals surface area contributed by atoms with Crippen LogP contribution in [0.4, 0.5) is 0 Å². The highest BCUT2D eigenvalue weighted by Crippen LogP contribution is 2.47. The van der Waals surface area contributed by atoms with Crippen molar-refractivity contribution in [1.82, 2.24) is 4.40 Å². The summed E-state index contributed by atoms with van der Waals surface area (Å²) in [6, 6.07) is 29.9. The van der Waals surface area contributed by atoms with Gasteiger partial charge in [0.2, 0.25) is 0 Å². The lowest BCUT2D eigenvalue weighted by Gasteiger charge is -2.19. The summed E-state index contributed by atoms with van der Waals surface area (Å²) >= 11 is 0. The van der Waals surface area contributed by atoms with E-state index in [-0.39, 0.29) is 0 Å². The van der Waals surface area contributed by atoms with Crippen LogP contribution < -0.4 is 4.74 Å². The van der Waals surface area contributed by atoms with Crippen molar-refractivity contribution < 1.29 is 4.74 Å². The van der Waals surface area contributed by atoms with Crippen molar-refractivity contribution in [2.45, 2.75) is 6.61 Å². The lowest BCUT2D eigenvalue weighted by Crippen LogP contribution is -2.06. The Morgan fingerprint density at radius 3 is 2.41 bits per heavy atom. The maximum atomic E-state index is 6.10. The van der Waals surface area contributed by atoms with Gasteiger partial charge in [0.25, 0.3) is 0 Å². The third-order valence-corrected chi connectivity index (χ3v) is 5.51. The number of benzene rings is 3. The van der Waals surface area contributed by atoms with Crippen LogP contribution in [-0.4, -0.2) is 4.40 Å². The highest BCUT2D eigenvalue weighted by molar-refractivity contribution is 6.09. The molecule has 5 aromatic rings. The molecule has 1 aliphatic heterocycles. The molecule has 0 saturated carbocycles. The van der Waals surface area contributed by atoms with Gasteiger partial charge >= 0.3 is 0 Å². The van der Waals surface area contributed by atoms with E-state index in [1.165, 1.54) is 44.2 Å². The van der Waals surface area contributed by atoms with Gasteiger partial charge in [0.1, 0.15) is 12.4 Å². The number of rotatable bonds is 1. The van der Waals surface area contributed by atoms with Crippen LogP contribution >= 0.6 is 0 Å². The lowest BCUT2D eigenvalue weighted by atomic mass is 9.93. The first-order valence-corrected chi connectivity index (χ1v) is 9.24. The second-order valence-corrected chi connectivity index (χ2v) is 6.97. The number of para-hydroxylation sites is 1. The largest absolute Gasteiger partial charge is 0.487 e. The predicted octanol–water partition coefficient (Wildman–Crippen LogP) is 6.32. The number of hydrogen-bond acceptors (Lipinski definition) is 1. The van der Waals surface area contributed by atoms with Gasteiger partial charge in [0.05, 0.1) is 11.2 Å². The monoisotopic (exact) mass is 347 g/mol. The maximum Gasteiger partial charge on any atom is 0.129 e. The molecule has 0 aliphatic carbocycles. The van der Waals surface area contributed by atoms with Gasteiger partial charge in [-0.2, -0.15) is 0 Å². The summed E-state index contributed by atoms with van der Waals surface area (Å²) in [6.07, 6.45) is 2.18. The number of aromatic nitrogens is 1. The van der Waals surface area contributed by atoms with E-state index in [1.54, 1.807) is 0 Å². The summed E-state index contributed by atoms with van der Waals surface area (Å²) < 4.78 is 8.41. The fourth-order valence-corrected chi connectivity index (χ4v) is 4.34. The normalized spacial score (nSPS) is 12.6. The molecule has 0 spiro atoms. The van der Waals surface area contributed by atoms with Crippen molar-refractivity contribution in [3.8, 4) is 28.0 Å². The topological polar surface area (TPSA) is 13.6 Å². The van der Waals surface area contributed by atoms with E-state index in [2.05, 4.69) is 89.5 Å². The fourth-order valence-electron chi connectivity index (χ4n) is 4.34. The lowest BCUT2D eigenvalue weighted by molar-refractivity contribution is 0.296. The van der Waals surface area contributed by atoms with Crippen LogP contribution in [0.3, 0.4) is 0 Å². The zero-order chi connectivity index (χ0) is 17.8. The zero-order valence-electron chi connectivity index (χ0n) is 14.7. The van der Waals surface area contributed by atoms with Crippen molar-refractivity contribution in [3.05, 3.63) is 96.8 Å². The SMILES string of the molecule is c1ccc(-c2c3c(n4ccc5ccccc5c24)COc2ccccc2-3)cc1. The van der Waals surface area contributed by atoms with Gasteiger partial charge in [-0.3, -0.25) is 0 Å². The van der Waals surface area contributed by atoms with Crippen LogP contribution in [-0.2, 0) is 6.61 Å². The summed E-state index contributed by atoms with van der Waals surface area (Å²) in [5.74, 6) is 0.961.